The lowest BCUT2D eigenvalue weighted by Crippen LogP contribution is -1.98. The minimum absolute atomic E-state index is 0.0666. The predicted octanol–water partition coefficient (Wildman–Crippen LogP) is 3.27. The van der Waals surface area contributed by atoms with Gasteiger partial charge in [0, 0.05) is 5.92 Å². The van der Waals surface area contributed by atoms with Gasteiger partial charge in [0.05, 0.1) is 11.5 Å². The Hall–Kier alpha value is -2.10. The molecule has 1 fully saturated rings. The van der Waals surface area contributed by atoms with Gasteiger partial charge < -0.3 is 9.52 Å². The second-order valence-electron chi connectivity index (χ2n) is 4.47. The van der Waals surface area contributed by atoms with Crippen molar-refractivity contribution in [2.24, 2.45) is 5.92 Å². The average molecular weight is 246 g/mol. The highest BCUT2D eigenvalue weighted by Gasteiger charge is 2.46. The monoisotopic (exact) mass is 246 g/mol. The minimum Gasteiger partial charge on any atom is -0.481 e. The number of hydrogen-bond donors (Lipinski definition) is 1. The molecule has 1 aliphatic carbocycles. The van der Waals surface area contributed by atoms with Crippen LogP contribution in [-0.4, -0.2) is 11.1 Å². The van der Waals surface area contributed by atoms with E-state index in [-0.39, 0.29) is 17.7 Å². The second-order valence-corrected chi connectivity index (χ2v) is 4.47. The molecular formula is C14H11FO3. The molecule has 1 aliphatic rings. The van der Waals surface area contributed by atoms with E-state index >= 15 is 0 Å². The van der Waals surface area contributed by atoms with E-state index in [9.17, 15) is 9.18 Å². The third kappa shape index (κ3) is 1.79. The molecular weight excluding hydrogens is 235 g/mol. The summed E-state index contributed by atoms with van der Waals surface area (Å²) < 4.78 is 19.1. The first-order valence-corrected chi connectivity index (χ1v) is 5.74. The lowest BCUT2D eigenvalue weighted by atomic mass is 10.1. The normalized spacial score (nSPS) is 21.8. The maximum Gasteiger partial charge on any atom is 0.307 e. The largest absolute Gasteiger partial charge is 0.481 e. The van der Waals surface area contributed by atoms with Crippen molar-refractivity contribution in [1.82, 2.24) is 0 Å². The zero-order valence-corrected chi connectivity index (χ0v) is 9.47. The average Bonchev–Trinajstić information content (AvgIpc) is 3.02. The number of carbonyl (C=O) groups is 1. The zero-order chi connectivity index (χ0) is 12.7. The molecule has 3 rings (SSSR count). The number of halogens is 1. The molecule has 0 amide bonds. The van der Waals surface area contributed by atoms with Gasteiger partial charge in [0.1, 0.15) is 17.3 Å². The number of furan rings is 1. The molecule has 2 aromatic rings. The summed E-state index contributed by atoms with van der Waals surface area (Å²) >= 11 is 0. The van der Waals surface area contributed by atoms with Crippen molar-refractivity contribution in [3.05, 3.63) is 48.0 Å². The number of hydrogen-bond acceptors (Lipinski definition) is 2. The number of aliphatic carboxylic acids is 1. The molecule has 1 N–H and O–H groups in total. The van der Waals surface area contributed by atoms with Gasteiger partial charge in [-0.25, -0.2) is 4.39 Å². The molecule has 1 heterocycles. The zero-order valence-electron chi connectivity index (χ0n) is 9.47. The first-order valence-electron chi connectivity index (χ1n) is 5.74. The van der Waals surface area contributed by atoms with Crippen LogP contribution in [0, 0.1) is 11.7 Å². The van der Waals surface area contributed by atoms with Gasteiger partial charge in [-0.15, -0.1) is 0 Å². The van der Waals surface area contributed by atoms with Crippen molar-refractivity contribution in [3.8, 4) is 11.3 Å². The van der Waals surface area contributed by atoms with Crippen molar-refractivity contribution < 1.29 is 18.7 Å². The number of rotatable bonds is 3. The number of carboxylic acids is 1. The number of carboxylic acid groups (broad SMARTS) is 1. The fourth-order valence-corrected chi connectivity index (χ4v) is 2.14. The molecule has 2 atom stereocenters. The van der Waals surface area contributed by atoms with Crippen LogP contribution in [0.25, 0.3) is 11.3 Å². The Balaban J connectivity index is 1.87. The molecule has 0 unspecified atom stereocenters. The van der Waals surface area contributed by atoms with E-state index in [0.29, 0.717) is 23.5 Å². The maximum atomic E-state index is 13.6. The van der Waals surface area contributed by atoms with Crippen molar-refractivity contribution in [3.63, 3.8) is 0 Å². The highest BCUT2D eigenvalue weighted by molar-refractivity contribution is 5.75. The van der Waals surface area contributed by atoms with Gasteiger partial charge in [-0.2, -0.15) is 0 Å². The third-order valence-electron chi connectivity index (χ3n) is 3.24. The van der Waals surface area contributed by atoms with E-state index in [1.165, 1.54) is 6.07 Å². The molecule has 92 valence electrons. The van der Waals surface area contributed by atoms with Gasteiger partial charge in [-0.3, -0.25) is 4.79 Å². The molecule has 3 nitrogen and oxygen atoms in total. The van der Waals surface area contributed by atoms with Gasteiger partial charge in [0.2, 0.25) is 0 Å². The molecule has 1 aromatic heterocycles. The maximum absolute atomic E-state index is 13.6. The Kier molecular flexibility index (Phi) is 2.44. The van der Waals surface area contributed by atoms with Crippen LogP contribution in [0.15, 0.2) is 40.8 Å². The van der Waals surface area contributed by atoms with Gasteiger partial charge in [-0.1, -0.05) is 12.1 Å². The first kappa shape index (κ1) is 11.0. The molecule has 0 bridgehead atoms. The highest BCUT2D eigenvalue weighted by Crippen LogP contribution is 2.48. The molecule has 0 aliphatic heterocycles. The van der Waals surface area contributed by atoms with Crippen LogP contribution >= 0.6 is 0 Å². The van der Waals surface area contributed by atoms with E-state index in [1.54, 1.807) is 30.3 Å². The van der Waals surface area contributed by atoms with Crippen LogP contribution in [0.5, 0.6) is 0 Å². The van der Waals surface area contributed by atoms with Crippen LogP contribution in [-0.2, 0) is 4.79 Å². The lowest BCUT2D eigenvalue weighted by Gasteiger charge is -1.98. The van der Waals surface area contributed by atoms with E-state index < -0.39 is 5.97 Å². The molecule has 18 heavy (non-hydrogen) atoms. The summed E-state index contributed by atoms with van der Waals surface area (Å²) in [6.07, 6.45) is 0.597. The molecule has 1 aromatic carbocycles. The second kappa shape index (κ2) is 3.98. The minimum atomic E-state index is -0.802. The van der Waals surface area contributed by atoms with Crippen LogP contribution in [0.4, 0.5) is 4.39 Å². The van der Waals surface area contributed by atoms with E-state index in [1.807, 2.05) is 0 Å². The summed E-state index contributed by atoms with van der Waals surface area (Å²) in [6, 6.07) is 9.77. The topological polar surface area (TPSA) is 50.4 Å². The van der Waals surface area contributed by atoms with Crippen molar-refractivity contribution >= 4 is 5.97 Å². The fraction of sp³-hybridized carbons (Fsp3) is 0.214. The van der Waals surface area contributed by atoms with Crippen LogP contribution < -0.4 is 0 Å². The van der Waals surface area contributed by atoms with Gasteiger partial charge in [0.15, 0.2) is 0 Å². The molecule has 0 radical (unpaired) electrons. The predicted molar refractivity (Wildman–Crippen MR) is 62.6 cm³/mol. The summed E-state index contributed by atoms with van der Waals surface area (Å²) in [5.41, 5.74) is 0.399. The van der Waals surface area contributed by atoms with Crippen LogP contribution in [0.1, 0.15) is 18.1 Å². The highest BCUT2D eigenvalue weighted by atomic mass is 19.1. The Morgan fingerprint density at radius 2 is 2.06 bits per heavy atom. The van der Waals surface area contributed by atoms with E-state index in [4.69, 9.17) is 9.52 Å². The fourth-order valence-electron chi connectivity index (χ4n) is 2.14. The number of benzene rings is 1. The van der Waals surface area contributed by atoms with E-state index in [0.717, 1.165) is 0 Å². The van der Waals surface area contributed by atoms with Crippen molar-refractivity contribution in [1.29, 1.82) is 0 Å². The summed E-state index contributed by atoms with van der Waals surface area (Å²) in [7, 11) is 0. The summed E-state index contributed by atoms with van der Waals surface area (Å²) in [5, 5.41) is 8.85. The van der Waals surface area contributed by atoms with Crippen molar-refractivity contribution in [2.45, 2.75) is 12.3 Å². The van der Waals surface area contributed by atoms with Crippen LogP contribution in [0.3, 0.4) is 0 Å². The SMILES string of the molecule is O=C(O)[C@@H]1C[C@H]1c1ccc(-c2ccccc2F)o1. The summed E-state index contributed by atoms with van der Waals surface area (Å²) in [6.45, 7) is 0. The van der Waals surface area contributed by atoms with Crippen molar-refractivity contribution in [2.75, 3.05) is 0 Å². The third-order valence-corrected chi connectivity index (χ3v) is 3.24. The van der Waals surface area contributed by atoms with Gasteiger partial charge >= 0.3 is 5.97 Å². The Morgan fingerprint density at radius 1 is 1.28 bits per heavy atom. The molecule has 4 heteroatoms. The standard InChI is InChI=1S/C14H11FO3/c15-11-4-2-1-3-8(11)12-5-6-13(18-12)9-7-10(9)14(16)17/h1-6,9-10H,7H2,(H,16,17)/t9-,10-/m1/s1. The van der Waals surface area contributed by atoms with Gasteiger partial charge in [0.25, 0.3) is 0 Å². The molecule has 0 spiro atoms. The molecule has 1 saturated carbocycles. The Bertz CT molecular complexity index is 603. The quantitative estimate of drug-likeness (QED) is 0.904. The summed E-state index contributed by atoms with van der Waals surface area (Å²) in [5.74, 6) is -0.500. The first-order chi connectivity index (χ1) is 8.66. The Labute approximate surface area is 103 Å². The van der Waals surface area contributed by atoms with Crippen LogP contribution in [0.2, 0.25) is 0 Å². The smallest absolute Gasteiger partial charge is 0.307 e. The molecule has 0 saturated heterocycles. The Morgan fingerprint density at radius 3 is 2.72 bits per heavy atom. The van der Waals surface area contributed by atoms with Gasteiger partial charge in [-0.05, 0) is 30.7 Å². The lowest BCUT2D eigenvalue weighted by molar-refractivity contribution is -0.138. The van der Waals surface area contributed by atoms with E-state index in [2.05, 4.69) is 0 Å². The summed E-state index contributed by atoms with van der Waals surface area (Å²) in [4.78, 5) is 10.8.